The van der Waals surface area contributed by atoms with Crippen LogP contribution in [0.25, 0.3) is 17.1 Å². The number of para-hydroxylation sites is 1. The van der Waals surface area contributed by atoms with Gasteiger partial charge in [-0.2, -0.15) is 0 Å². The fraction of sp³-hybridized carbons (Fsp3) is 0.222. The lowest BCUT2D eigenvalue weighted by atomic mass is 10.1. The summed E-state index contributed by atoms with van der Waals surface area (Å²) in [6.45, 7) is 4.73. The first-order chi connectivity index (χ1) is 16.5. The molecule has 4 rings (SSSR count). The van der Waals surface area contributed by atoms with Crippen molar-refractivity contribution in [2.75, 3.05) is 19.9 Å². The van der Waals surface area contributed by atoms with Gasteiger partial charge in [0.05, 0.1) is 12.9 Å². The van der Waals surface area contributed by atoms with Crippen molar-refractivity contribution in [3.05, 3.63) is 89.5 Å². The number of thioether (sulfide) groups is 1. The molecule has 34 heavy (non-hydrogen) atoms. The molecule has 0 aliphatic carbocycles. The first kappa shape index (κ1) is 23.6. The van der Waals surface area contributed by atoms with Crippen LogP contribution in [0.5, 0.6) is 5.75 Å². The number of aromatic nitrogens is 3. The Morgan fingerprint density at radius 2 is 1.74 bits per heavy atom. The molecule has 3 aromatic carbocycles. The number of methoxy groups -OCH3 is 1. The molecule has 6 nitrogen and oxygen atoms in total. The molecule has 7 heteroatoms. The maximum atomic E-state index is 12.9. The molecule has 0 saturated heterocycles. The van der Waals surface area contributed by atoms with Crippen molar-refractivity contribution >= 4 is 17.7 Å². The molecule has 0 aliphatic rings. The van der Waals surface area contributed by atoms with Crippen molar-refractivity contribution in [2.24, 2.45) is 0 Å². The Morgan fingerprint density at radius 3 is 2.41 bits per heavy atom. The highest BCUT2D eigenvalue weighted by atomic mass is 32.2. The van der Waals surface area contributed by atoms with Crippen LogP contribution in [0.1, 0.15) is 16.7 Å². The molecule has 0 N–H and O–H groups in total. The van der Waals surface area contributed by atoms with E-state index in [1.54, 1.807) is 12.0 Å². The molecule has 4 aromatic rings. The first-order valence-electron chi connectivity index (χ1n) is 11.0. The van der Waals surface area contributed by atoms with E-state index < -0.39 is 0 Å². The number of nitrogens with zero attached hydrogens (tertiary/aromatic N) is 4. The number of carbonyl (C=O) groups excluding carboxylic acids is 1. The number of hydrogen-bond acceptors (Lipinski definition) is 5. The maximum absolute atomic E-state index is 12.9. The van der Waals surface area contributed by atoms with Crippen molar-refractivity contribution in [1.82, 2.24) is 19.7 Å². The van der Waals surface area contributed by atoms with Crippen LogP contribution >= 0.6 is 11.8 Å². The number of aryl methyl sites for hydroxylation is 2. The molecular weight excluding hydrogens is 444 g/mol. The summed E-state index contributed by atoms with van der Waals surface area (Å²) in [6.07, 6.45) is 0. The van der Waals surface area contributed by atoms with Crippen LogP contribution in [0, 0.1) is 13.8 Å². The summed E-state index contributed by atoms with van der Waals surface area (Å²) in [5.74, 6) is 1.81. The molecule has 0 bridgehead atoms. The molecule has 1 heterocycles. The van der Waals surface area contributed by atoms with E-state index in [1.807, 2.05) is 66.2 Å². The number of benzene rings is 3. The third-order valence-corrected chi connectivity index (χ3v) is 6.57. The van der Waals surface area contributed by atoms with E-state index in [0.717, 1.165) is 22.6 Å². The largest absolute Gasteiger partial charge is 0.497 e. The van der Waals surface area contributed by atoms with Gasteiger partial charge in [0, 0.05) is 24.8 Å². The maximum Gasteiger partial charge on any atom is 0.233 e. The summed E-state index contributed by atoms with van der Waals surface area (Å²) in [5.41, 5.74) is 5.43. The molecule has 1 amide bonds. The number of carbonyl (C=O) groups is 1. The fourth-order valence-electron chi connectivity index (χ4n) is 3.70. The zero-order valence-electron chi connectivity index (χ0n) is 19.9. The van der Waals surface area contributed by atoms with Crippen LogP contribution in [0.2, 0.25) is 0 Å². The van der Waals surface area contributed by atoms with Crippen molar-refractivity contribution in [3.63, 3.8) is 0 Å². The Kier molecular flexibility index (Phi) is 7.33. The van der Waals surface area contributed by atoms with Gasteiger partial charge in [0.1, 0.15) is 5.75 Å². The Hall–Kier alpha value is -3.58. The van der Waals surface area contributed by atoms with Gasteiger partial charge >= 0.3 is 0 Å². The lowest BCUT2D eigenvalue weighted by Gasteiger charge is -2.19. The van der Waals surface area contributed by atoms with E-state index in [1.165, 1.54) is 22.9 Å². The molecule has 0 fully saturated rings. The van der Waals surface area contributed by atoms with Crippen LogP contribution in [0.4, 0.5) is 0 Å². The van der Waals surface area contributed by atoms with E-state index in [0.29, 0.717) is 17.5 Å². The minimum absolute atomic E-state index is 0.0404. The second kappa shape index (κ2) is 10.6. The Labute approximate surface area is 204 Å². The summed E-state index contributed by atoms with van der Waals surface area (Å²) in [7, 11) is 3.48. The topological polar surface area (TPSA) is 60.3 Å². The number of hydrogen-bond donors (Lipinski definition) is 0. The van der Waals surface area contributed by atoms with E-state index >= 15 is 0 Å². The lowest BCUT2D eigenvalue weighted by molar-refractivity contribution is -0.127. The SMILES string of the molecule is COc1ccc(-c2nnc(SCC(=O)N(C)Cc3ccc(C)cc3C)n2-c2ccccc2)cc1. The van der Waals surface area contributed by atoms with Crippen LogP contribution in [-0.2, 0) is 11.3 Å². The van der Waals surface area contributed by atoms with Crippen molar-refractivity contribution in [3.8, 4) is 22.8 Å². The van der Waals surface area contributed by atoms with Gasteiger partial charge < -0.3 is 9.64 Å². The summed E-state index contributed by atoms with van der Waals surface area (Å²) in [4.78, 5) is 14.7. The minimum atomic E-state index is 0.0404. The summed E-state index contributed by atoms with van der Waals surface area (Å²) >= 11 is 1.39. The second-order valence-corrected chi connectivity index (χ2v) is 9.12. The van der Waals surface area contributed by atoms with Crippen molar-refractivity contribution < 1.29 is 9.53 Å². The predicted octanol–water partition coefficient (Wildman–Crippen LogP) is 5.31. The molecule has 1 aromatic heterocycles. The van der Waals surface area contributed by atoms with Gasteiger partial charge in [0.15, 0.2) is 11.0 Å². The van der Waals surface area contributed by atoms with Gasteiger partial charge in [0.25, 0.3) is 0 Å². The standard InChI is InChI=1S/C27H28N4O2S/c1-19-10-11-22(20(2)16-19)17-30(3)25(32)18-34-27-29-28-26(21-12-14-24(33-4)15-13-21)31(27)23-8-6-5-7-9-23/h5-16H,17-18H2,1-4H3. The number of rotatable bonds is 8. The van der Waals surface area contributed by atoms with E-state index in [2.05, 4.69) is 42.2 Å². The summed E-state index contributed by atoms with van der Waals surface area (Å²) < 4.78 is 7.27. The van der Waals surface area contributed by atoms with Gasteiger partial charge in [-0.05, 0) is 61.4 Å². The Balaban J connectivity index is 1.54. The van der Waals surface area contributed by atoms with Gasteiger partial charge in [-0.1, -0.05) is 53.7 Å². The molecule has 0 unspecified atom stereocenters. The molecule has 174 valence electrons. The monoisotopic (exact) mass is 472 g/mol. The molecule has 0 radical (unpaired) electrons. The third-order valence-electron chi connectivity index (χ3n) is 5.65. The van der Waals surface area contributed by atoms with Gasteiger partial charge in [-0.3, -0.25) is 9.36 Å². The highest BCUT2D eigenvalue weighted by molar-refractivity contribution is 7.99. The van der Waals surface area contributed by atoms with E-state index in [4.69, 9.17) is 4.74 Å². The highest BCUT2D eigenvalue weighted by Gasteiger charge is 2.19. The van der Waals surface area contributed by atoms with Crippen LogP contribution in [0.3, 0.4) is 0 Å². The zero-order chi connectivity index (χ0) is 24.1. The van der Waals surface area contributed by atoms with Crippen LogP contribution in [0.15, 0.2) is 78.0 Å². The first-order valence-corrected chi connectivity index (χ1v) is 12.0. The van der Waals surface area contributed by atoms with Gasteiger partial charge in [-0.25, -0.2) is 0 Å². The predicted molar refractivity (Wildman–Crippen MR) is 136 cm³/mol. The molecule has 0 atom stereocenters. The molecule has 0 saturated carbocycles. The second-order valence-electron chi connectivity index (χ2n) is 8.17. The lowest BCUT2D eigenvalue weighted by Crippen LogP contribution is -2.28. The quantitative estimate of drug-likeness (QED) is 0.325. The molecular formula is C27H28N4O2S. The average Bonchev–Trinajstić information content (AvgIpc) is 3.28. The van der Waals surface area contributed by atoms with Crippen molar-refractivity contribution in [1.29, 1.82) is 0 Å². The average molecular weight is 473 g/mol. The van der Waals surface area contributed by atoms with Crippen LogP contribution < -0.4 is 4.74 Å². The summed E-state index contributed by atoms with van der Waals surface area (Å²) in [6, 6.07) is 24.0. The Bertz CT molecular complexity index is 1270. The van der Waals surface area contributed by atoms with Gasteiger partial charge in [-0.15, -0.1) is 10.2 Å². The van der Waals surface area contributed by atoms with E-state index in [9.17, 15) is 4.79 Å². The third kappa shape index (κ3) is 5.31. The van der Waals surface area contributed by atoms with E-state index in [-0.39, 0.29) is 11.7 Å². The van der Waals surface area contributed by atoms with Gasteiger partial charge in [0.2, 0.25) is 5.91 Å². The smallest absolute Gasteiger partial charge is 0.233 e. The van der Waals surface area contributed by atoms with Crippen molar-refractivity contribution in [2.45, 2.75) is 25.5 Å². The normalized spacial score (nSPS) is 10.8. The fourth-order valence-corrected chi connectivity index (χ4v) is 4.60. The summed E-state index contributed by atoms with van der Waals surface area (Å²) in [5, 5.41) is 9.55. The number of amides is 1. The van der Waals surface area contributed by atoms with Crippen LogP contribution in [-0.4, -0.2) is 45.5 Å². The molecule has 0 aliphatic heterocycles. The Morgan fingerprint density at radius 1 is 1.00 bits per heavy atom. The minimum Gasteiger partial charge on any atom is -0.497 e. The zero-order valence-corrected chi connectivity index (χ0v) is 20.7. The molecule has 0 spiro atoms. The highest BCUT2D eigenvalue weighted by Crippen LogP contribution is 2.29. The number of ether oxygens (including phenoxy) is 1.